The van der Waals surface area contributed by atoms with E-state index in [2.05, 4.69) is 29.9 Å². The van der Waals surface area contributed by atoms with Crippen LogP contribution >= 0.6 is 0 Å². The van der Waals surface area contributed by atoms with Crippen molar-refractivity contribution >= 4 is 9.84 Å². The molecular formula is C8H20N2OSi. The first kappa shape index (κ1) is 10.2. The Morgan fingerprint density at radius 3 is 2.50 bits per heavy atom. The lowest BCUT2D eigenvalue weighted by atomic mass is 10.5. The van der Waals surface area contributed by atoms with Gasteiger partial charge in [-0.2, -0.15) is 0 Å². The van der Waals surface area contributed by atoms with Gasteiger partial charge in [0.15, 0.2) is 16.2 Å². The summed E-state index contributed by atoms with van der Waals surface area (Å²) < 4.78 is 10.6. The molecule has 1 rings (SSSR count). The molecule has 0 saturated carbocycles. The highest BCUT2D eigenvalue weighted by Gasteiger charge is 2.35. The molecule has 0 spiro atoms. The van der Waals surface area contributed by atoms with Crippen molar-refractivity contribution in [1.82, 2.24) is 9.13 Å². The fraction of sp³-hybridized carbons (Fsp3) is 1.00. The molecule has 12 heavy (non-hydrogen) atoms. The second-order valence-electron chi connectivity index (χ2n) is 3.14. The van der Waals surface area contributed by atoms with Crippen LogP contribution < -0.4 is 0 Å². The SMILES string of the molecule is CCCN1[SiH2]N(CC)C1OCC. The van der Waals surface area contributed by atoms with Crippen LogP contribution in [-0.4, -0.2) is 45.0 Å². The average molecular weight is 188 g/mol. The smallest absolute Gasteiger partial charge is 0.179 e. The van der Waals surface area contributed by atoms with Crippen molar-refractivity contribution in [1.29, 1.82) is 0 Å². The fourth-order valence-corrected chi connectivity index (χ4v) is 3.36. The van der Waals surface area contributed by atoms with Crippen molar-refractivity contribution in [3.63, 3.8) is 0 Å². The van der Waals surface area contributed by atoms with Gasteiger partial charge in [0.2, 0.25) is 0 Å². The number of rotatable bonds is 5. The molecule has 0 radical (unpaired) electrons. The van der Waals surface area contributed by atoms with Crippen molar-refractivity contribution in [2.45, 2.75) is 33.5 Å². The molecule has 1 saturated heterocycles. The molecule has 0 aromatic carbocycles. The summed E-state index contributed by atoms with van der Waals surface area (Å²) in [5.41, 5.74) is 0. The van der Waals surface area contributed by atoms with E-state index in [9.17, 15) is 0 Å². The first-order valence-corrected chi connectivity index (χ1v) is 6.19. The Bertz CT molecular complexity index is 134. The zero-order valence-electron chi connectivity index (χ0n) is 8.42. The first-order valence-electron chi connectivity index (χ1n) is 4.93. The van der Waals surface area contributed by atoms with E-state index in [0.29, 0.717) is 6.35 Å². The topological polar surface area (TPSA) is 15.7 Å². The molecule has 0 aromatic heterocycles. The normalized spacial score (nSPS) is 27.8. The van der Waals surface area contributed by atoms with Crippen LogP contribution in [0.5, 0.6) is 0 Å². The number of hydrogen-bond donors (Lipinski definition) is 0. The Morgan fingerprint density at radius 2 is 2.00 bits per heavy atom. The highest BCUT2D eigenvalue weighted by Crippen LogP contribution is 2.16. The molecular weight excluding hydrogens is 168 g/mol. The van der Waals surface area contributed by atoms with Gasteiger partial charge >= 0.3 is 0 Å². The largest absolute Gasteiger partial charge is 0.351 e. The molecule has 0 N–H and O–H groups in total. The fourth-order valence-electron chi connectivity index (χ4n) is 1.59. The summed E-state index contributed by atoms with van der Waals surface area (Å²) in [5, 5.41) is 0. The van der Waals surface area contributed by atoms with Gasteiger partial charge in [0.05, 0.1) is 0 Å². The van der Waals surface area contributed by atoms with Gasteiger partial charge in [0, 0.05) is 6.61 Å². The standard InChI is InChI=1S/C8H20N2OSi/c1-4-7-10-8(11-6-3)9(5-2)12-10/h8H,4-7,12H2,1-3H3. The van der Waals surface area contributed by atoms with Gasteiger partial charge in [0.1, 0.15) is 0 Å². The summed E-state index contributed by atoms with van der Waals surface area (Å²) in [4.78, 5) is 0. The maximum Gasteiger partial charge on any atom is 0.179 e. The van der Waals surface area contributed by atoms with Crippen molar-refractivity contribution in [2.24, 2.45) is 0 Å². The van der Waals surface area contributed by atoms with Crippen LogP contribution in [0.15, 0.2) is 0 Å². The molecule has 3 nitrogen and oxygen atoms in total. The zero-order chi connectivity index (χ0) is 8.97. The summed E-state index contributed by atoms with van der Waals surface area (Å²) in [6.45, 7) is 9.70. The van der Waals surface area contributed by atoms with Crippen LogP contribution in [0.2, 0.25) is 0 Å². The molecule has 1 aliphatic heterocycles. The minimum absolute atomic E-state index is 0.104. The van der Waals surface area contributed by atoms with Gasteiger partial charge in [-0.05, 0) is 26.4 Å². The third kappa shape index (κ3) is 2.07. The molecule has 1 fully saturated rings. The average Bonchev–Trinajstić information content (AvgIpc) is 2.07. The van der Waals surface area contributed by atoms with Crippen molar-refractivity contribution in [3.05, 3.63) is 0 Å². The molecule has 0 amide bonds. The molecule has 1 unspecified atom stereocenters. The summed E-state index contributed by atoms with van der Waals surface area (Å²) in [6.07, 6.45) is 1.57. The van der Waals surface area contributed by atoms with Crippen LogP contribution in [0.4, 0.5) is 0 Å². The molecule has 4 heteroatoms. The van der Waals surface area contributed by atoms with Crippen LogP contribution in [0.1, 0.15) is 27.2 Å². The van der Waals surface area contributed by atoms with Gasteiger partial charge in [-0.25, -0.2) is 0 Å². The quantitative estimate of drug-likeness (QED) is 0.579. The van der Waals surface area contributed by atoms with E-state index in [1.807, 2.05) is 0 Å². The van der Waals surface area contributed by atoms with Crippen LogP contribution in [0, 0.1) is 0 Å². The zero-order valence-corrected chi connectivity index (χ0v) is 9.83. The maximum atomic E-state index is 5.63. The van der Waals surface area contributed by atoms with E-state index in [1.165, 1.54) is 13.0 Å². The van der Waals surface area contributed by atoms with E-state index in [1.54, 1.807) is 0 Å². The minimum Gasteiger partial charge on any atom is -0.351 e. The lowest BCUT2D eigenvalue weighted by molar-refractivity contribution is -0.128. The molecule has 72 valence electrons. The molecule has 1 heterocycles. The molecule has 0 bridgehead atoms. The Morgan fingerprint density at radius 1 is 1.25 bits per heavy atom. The Kier molecular flexibility index (Phi) is 4.21. The summed E-state index contributed by atoms with van der Waals surface area (Å²) in [7, 11) is -0.104. The van der Waals surface area contributed by atoms with Crippen molar-refractivity contribution < 1.29 is 4.74 Å². The lowest BCUT2D eigenvalue weighted by Gasteiger charge is -2.49. The van der Waals surface area contributed by atoms with Crippen molar-refractivity contribution in [2.75, 3.05) is 19.7 Å². The highest BCUT2D eigenvalue weighted by molar-refractivity contribution is 6.31. The van der Waals surface area contributed by atoms with E-state index in [0.717, 1.165) is 13.2 Å². The third-order valence-electron chi connectivity index (χ3n) is 2.22. The van der Waals surface area contributed by atoms with Crippen LogP contribution in [0.25, 0.3) is 0 Å². The van der Waals surface area contributed by atoms with Crippen LogP contribution in [-0.2, 0) is 4.74 Å². The second kappa shape index (κ2) is 4.96. The van der Waals surface area contributed by atoms with E-state index < -0.39 is 0 Å². The molecule has 1 atom stereocenters. The number of ether oxygens (including phenoxy) is 1. The summed E-state index contributed by atoms with van der Waals surface area (Å²) >= 11 is 0. The predicted octanol–water partition coefficient (Wildman–Crippen LogP) is 0.353. The number of hydrogen-bond acceptors (Lipinski definition) is 3. The predicted molar refractivity (Wildman–Crippen MR) is 53.3 cm³/mol. The summed E-state index contributed by atoms with van der Waals surface area (Å²) in [6, 6.07) is 0. The van der Waals surface area contributed by atoms with E-state index in [-0.39, 0.29) is 9.84 Å². The Hall–Kier alpha value is 0.0969. The Labute approximate surface area is 77.7 Å². The molecule has 0 aromatic rings. The third-order valence-corrected chi connectivity index (χ3v) is 4.34. The minimum atomic E-state index is -0.104. The number of nitrogens with zero attached hydrogens (tertiary/aromatic N) is 2. The summed E-state index contributed by atoms with van der Waals surface area (Å²) in [5.74, 6) is 0. The van der Waals surface area contributed by atoms with Gasteiger partial charge in [-0.3, -0.25) is 9.13 Å². The van der Waals surface area contributed by atoms with Gasteiger partial charge < -0.3 is 4.74 Å². The van der Waals surface area contributed by atoms with Crippen molar-refractivity contribution in [3.8, 4) is 0 Å². The van der Waals surface area contributed by atoms with Gasteiger partial charge in [0.25, 0.3) is 0 Å². The lowest BCUT2D eigenvalue weighted by Crippen LogP contribution is -2.67. The molecule has 0 aliphatic carbocycles. The highest BCUT2D eigenvalue weighted by atomic mass is 28.2. The second-order valence-corrected chi connectivity index (χ2v) is 5.05. The monoisotopic (exact) mass is 188 g/mol. The van der Waals surface area contributed by atoms with E-state index >= 15 is 0 Å². The van der Waals surface area contributed by atoms with Gasteiger partial charge in [-0.15, -0.1) is 0 Å². The van der Waals surface area contributed by atoms with Crippen LogP contribution in [0.3, 0.4) is 0 Å². The molecule has 1 aliphatic rings. The maximum absolute atomic E-state index is 5.63. The van der Waals surface area contributed by atoms with E-state index in [4.69, 9.17) is 4.74 Å². The van der Waals surface area contributed by atoms with Gasteiger partial charge in [-0.1, -0.05) is 13.8 Å². The first-order chi connectivity index (χ1) is 5.83. The Balaban J connectivity index is 2.28.